The third-order valence-corrected chi connectivity index (χ3v) is 4.15. The fourth-order valence-electron chi connectivity index (χ4n) is 1.95. The summed E-state index contributed by atoms with van der Waals surface area (Å²) in [7, 11) is 1.67. The summed E-state index contributed by atoms with van der Waals surface area (Å²) in [6.07, 6.45) is 0. The Morgan fingerprint density at radius 2 is 2.14 bits per heavy atom. The molecule has 0 aliphatic rings. The molecule has 0 aromatic carbocycles. The van der Waals surface area contributed by atoms with Crippen molar-refractivity contribution in [3.8, 4) is 0 Å². The van der Waals surface area contributed by atoms with Crippen molar-refractivity contribution in [3.63, 3.8) is 0 Å². The van der Waals surface area contributed by atoms with Crippen LogP contribution in [-0.4, -0.2) is 35.4 Å². The lowest BCUT2D eigenvalue weighted by Gasteiger charge is -2.09. The standard InChI is InChI=1S/C13H21N5O2S/c1-8-12(21-10(3)15-8)9(2)16-13-18-17-11(20-13)7-14-5-6-19-4/h9,14H,5-7H2,1-4H3,(H,16,18). The van der Waals surface area contributed by atoms with Crippen molar-refractivity contribution < 1.29 is 9.15 Å². The molecule has 0 bridgehead atoms. The van der Waals surface area contributed by atoms with Crippen molar-refractivity contribution in [2.45, 2.75) is 33.4 Å². The van der Waals surface area contributed by atoms with Crippen LogP contribution in [0.4, 0.5) is 6.01 Å². The Balaban J connectivity index is 1.88. The number of aromatic nitrogens is 3. The summed E-state index contributed by atoms with van der Waals surface area (Å²) in [4.78, 5) is 5.61. The molecule has 0 aliphatic carbocycles. The average molecular weight is 311 g/mol. The van der Waals surface area contributed by atoms with E-state index in [1.54, 1.807) is 18.4 Å². The molecular formula is C13H21N5O2S. The van der Waals surface area contributed by atoms with E-state index in [1.165, 1.54) is 4.88 Å². The van der Waals surface area contributed by atoms with Gasteiger partial charge in [0.1, 0.15) is 0 Å². The molecule has 0 spiro atoms. The molecule has 116 valence electrons. The smallest absolute Gasteiger partial charge is 0.316 e. The normalized spacial score (nSPS) is 12.6. The quantitative estimate of drug-likeness (QED) is 0.722. The van der Waals surface area contributed by atoms with Crippen LogP contribution in [0.15, 0.2) is 4.42 Å². The molecule has 0 amide bonds. The Hall–Kier alpha value is -1.51. The van der Waals surface area contributed by atoms with Crippen LogP contribution < -0.4 is 10.6 Å². The molecule has 7 nitrogen and oxygen atoms in total. The van der Waals surface area contributed by atoms with E-state index in [9.17, 15) is 0 Å². The highest BCUT2D eigenvalue weighted by Gasteiger charge is 2.15. The molecule has 8 heteroatoms. The van der Waals surface area contributed by atoms with E-state index in [0.717, 1.165) is 17.2 Å². The van der Waals surface area contributed by atoms with Gasteiger partial charge >= 0.3 is 6.01 Å². The Labute approximate surface area is 128 Å². The van der Waals surface area contributed by atoms with Crippen LogP contribution in [0.25, 0.3) is 0 Å². The second-order valence-electron chi connectivity index (χ2n) is 4.72. The first-order chi connectivity index (χ1) is 10.1. The Bertz CT molecular complexity index is 569. The van der Waals surface area contributed by atoms with Gasteiger partial charge in [0.25, 0.3) is 0 Å². The van der Waals surface area contributed by atoms with Gasteiger partial charge in [0.15, 0.2) is 0 Å². The minimum atomic E-state index is 0.0888. The van der Waals surface area contributed by atoms with Crippen LogP contribution in [0.1, 0.15) is 34.4 Å². The van der Waals surface area contributed by atoms with E-state index in [2.05, 4.69) is 32.7 Å². The minimum Gasteiger partial charge on any atom is -0.407 e. The van der Waals surface area contributed by atoms with Crippen molar-refractivity contribution in [1.82, 2.24) is 20.5 Å². The summed E-state index contributed by atoms with van der Waals surface area (Å²) in [5, 5.41) is 15.4. The van der Waals surface area contributed by atoms with Crippen molar-refractivity contribution in [1.29, 1.82) is 0 Å². The van der Waals surface area contributed by atoms with Gasteiger partial charge in [-0.1, -0.05) is 5.10 Å². The van der Waals surface area contributed by atoms with E-state index in [1.807, 2.05) is 13.8 Å². The molecule has 2 aromatic rings. The lowest BCUT2D eigenvalue weighted by molar-refractivity contribution is 0.198. The largest absolute Gasteiger partial charge is 0.407 e. The number of methoxy groups -OCH3 is 1. The molecule has 2 rings (SSSR count). The molecule has 2 heterocycles. The topological polar surface area (TPSA) is 85.1 Å². The van der Waals surface area contributed by atoms with Gasteiger partial charge in [0.2, 0.25) is 5.89 Å². The van der Waals surface area contributed by atoms with Crippen molar-refractivity contribution >= 4 is 17.4 Å². The second kappa shape index (κ2) is 7.48. The summed E-state index contributed by atoms with van der Waals surface area (Å²) in [6.45, 7) is 8.00. The molecular weight excluding hydrogens is 290 g/mol. The number of hydrogen-bond acceptors (Lipinski definition) is 8. The molecule has 0 saturated carbocycles. The van der Waals surface area contributed by atoms with Gasteiger partial charge in [-0.15, -0.1) is 16.4 Å². The van der Waals surface area contributed by atoms with Gasteiger partial charge in [-0.3, -0.25) is 0 Å². The highest BCUT2D eigenvalue weighted by molar-refractivity contribution is 7.11. The molecule has 21 heavy (non-hydrogen) atoms. The van der Waals surface area contributed by atoms with Crippen molar-refractivity contribution in [2.24, 2.45) is 0 Å². The predicted octanol–water partition coefficient (Wildman–Crippen LogP) is 2.05. The predicted molar refractivity (Wildman–Crippen MR) is 81.5 cm³/mol. The van der Waals surface area contributed by atoms with E-state index < -0.39 is 0 Å². The average Bonchev–Trinajstić information content (AvgIpc) is 3.01. The lowest BCUT2D eigenvalue weighted by atomic mass is 10.2. The number of nitrogens with one attached hydrogen (secondary N) is 2. The Morgan fingerprint density at radius 3 is 2.81 bits per heavy atom. The van der Waals surface area contributed by atoms with Gasteiger partial charge in [-0.05, 0) is 20.8 Å². The highest BCUT2D eigenvalue weighted by Crippen LogP contribution is 2.26. The number of nitrogens with zero attached hydrogens (tertiary/aromatic N) is 3. The molecule has 0 saturated heterocycles. The maximum absolute atomic E-state index is 5.55. The zero-order valence-electron chi connectivity index (χ0n) is 12.8. The van der Waals surface area contributed by atoms with Crippen molar-refractivity contribution in [2.75, 3.05) is 25.6 Å². The van der Waals surface area contributed by atoms with E-state index in [-0.39, 0.29) is 6.04 Å². The summed E-state index contributed by atoms with van der Waals surface area (Å²) in [5.74, 6) is 0.554. The van der Waals surface area contributed by atoms with Crippen LogP contribution in [0.5, 0.6) is 0 Å². The number of anilines is 1. The van der Waals surface area contributed by atoms with E-state index in [4.69, 9.17) is 9.15 Å². The number of thiazole rings is 1. The lowest BCUT2D eigenvalue weighted by Crippen LogP contribution is -2.18. The Kier molecular flexibility index (Phi) is 5.66. The van der Waals surface area contributed by atoms with Gasteiger partial charge in [0, 0.05) is 18.5 Å². The fourth-order valence-corrected chi connectivity index (χ4v) is 2.88. The molecule has 1 atom stereocenters. The number of aryl methyl sites for hydroxylation is 2. The first-order valence-electron chi connectivity index (χ1n) is 6.82. The zero-order chi connectivity index (χ0) is 15.2. The maximum atomic E-state index is 5.55. The maximum Gasteiger partial charge on any atom is 0.316 e. The summed E-state index contributed by atoms with van der Waals surface area (Å²) in [6, 6.07) is 0.516. The molecule has 0 radical (unpaired) electrons. The van der Waals surface area contributed by atoms with Crippen LogP contribution in [0.3, 0.4) is 0 Å². The molecule has 2 N–H and O–H groups in total. The van der Waals surface area contributed by atoms with Gasteiger partial charge in [-0.25, -0.2) is 4.98 Å². The summed E-state index contributed by atoms with van der Waals surface area (Å²) >= 11 is 1.68. The minimum absolute atomic E-state index is 0.0888. The van der Waals surface area contributed by atoms with Crippen LogP contribution in [0.2, 0.25) is 0 Å². The van der Waals surface area contributed by atoms with E-state index >= 15 is 0 Å². The van der Waals surface area contributed by atoms with Crippen LogP contribution in [0, 0.1) is 13.8 Å². The first-order valence-corrected chi connectivity index (χ1v) is 7.64. The summed E-state index contributed by atoms with van der Waals surface area (Å²) in [5.41, 5.74) is 1.04. The molecule has 0 fully saturated rings. The van der Waals surface area contributed by atoms with Crippen LogP contribution in [-0.2, 0) is 11.3 Å². The SMILES string of the molecule is COCCNCc1nnc(NC(C)c2sc(C)nc2C)o1. The van der Waals surface area contributed by atoms with Crippen molar-refractivity contribution in [3.05, 3.63) is 21.5 Å². The van der Waals surface area contributed by atoms with E-state index in [0.29, 0.717) is 25.1 Å². The van der Waals surface area contributed by atoms with Gasteiger partial charge in [0.05, 0.1) is 29.9 Å². The molecule has 1 unspecified atom stereocenters. The third kappa shape index (κ3) is 4.48. The highest BCUT2D eigenvalue weighted by atomic mass is 32.1. The Morgan fingerprint density at radius 1 is 1.33 bits per heavy atom. The molecule has 2 aromatic heterocycles. The number of hydrogen-bond donors (Lipinski definition) is 2. The van der Waals surface area contributed by atoms with Gasteiger partial charge < -0.3 is 19.8 Å². The van der Waals surface area contributed by atoms with Crippen LogP contribution >= 0.6 is 11.3 Å². The second-order valence-corrected chi connectivity index (χ2v) is 5.95. The number of ether oxygens (including phenoxy) is 1. The molecule has 0 aliphatic heterocycles. The third-order valence-electron chi connectivity index (χ3n) is 2.90. The number of rotatable bonds is 8. The fraction of sp³-hybridized carbons (Fsp3) is 0.615. The summed E-state index contributed by atoms with van der Waals surface area (Å²) < 4.78 is 10.5. The first kappa shape index (κ1) is 15.9. The zero-order valence-corrected chi connectivity index (χ0v) is 13.6. The van der Waals surface area contributed by atoms with Gasteiger partial charge in [-0.2, -0.15) is 0 Å². The monoisotopic (exact) mass is 311 g/mol.